The predicted molar refractivity (Wildman–Crippen MR) is 103 cm³/mol. The molecule has 29 heavy (non-hydrogen) atoms. The number of carbonyl (C=O) groups excluding carboxylic acids is 1. The molecule has 2 aromatic carbocycles. The average Bonchev–Trinajstić information content (AvgIpc) is 2.72. The topological polar surface area (TPSA) is 95.0 Å². The number of hydrogen-bond acceptors (Lipinski definition) is 4. The van der Waals surface area contributed by atoms with E-state index in [-0.39, 0.29) is 42.2 Å². The van der Waals surface area contributed by atoms with E-state index in [2.05, 4.69) is 11.8 Å². The van der Waals surface area contributed by atoms with Crippen LogP contribution in [0.2, 0.25) is 0 Å². The van der Waals surface area contributed by atoms with Crippen LogP contribution >= 0.6 is 0 Å². The number of nitrogens with zero attached hydrogens (tertiary/aromatic N) is 2. The zero-order chi connectivity index (χ0) is 21.0. The quantitative estimate of drug-likeness (QED) is 0.610. The van der Waals surface area contributed by atoms with E-state index in [9.17, 15) is 22.4 Å². The van der Waals surface area contributed by atoms with Gasteiger partial charge >= 0.3 is 6.09 Å². The van der Waals surface area contributed by atoms with Crippen LogP contribution in [0.4, 0.5) is 9.18 Å². The van der Waals surface area contributed by atoms with E-state index in [1.54, 1.807) is 0 Å². The van der Waals surface area contributed by atoms with E-state index < -0.39 is 21.9 Å². The van der Waals surface area contributed by atoms with Crippen LogP contribution < -0.4 is 0 Å². The Balaban J connectivity index is 1.77. The molecule has 1 aliphatic heterocycles. The van der Waals surface area contributed by atoms with Crippen molar-refractivity contribution in [2.75, 3.05) is 26.2 Å². The number of carboxylic acid groups (broad SMARTS) is 1. The number of aldehydes is 1. The largest absolute Gasteiger partial charge is 0.465 e. The minimum Gasteiger partial charge on any atom is -0.465 e. The summed E-state index contributed by atoms with van der Waals surface area (Å²) in [6.45, 7) is 0.407. The third-order valence-electron chi connectivity index (χ3n) is 4.49. The lowest BCUT2D eigenvalue weighted by Crippen LogP contribution is -2.50. The van der Waals surface area contributed by atoms with E-state index in [4.69, 9.17) is 5.11 Å². The standard InChI is InChI=1S/C20H17FN2O5S/c21-18-6-5-17(14-24)16(13-18)4-1-15-2-7-19(8-3-15)29(27,28)23-11-9-22(10-12-23)20(25)26/h2-3,5-8,13-14H,9-12H2,(H,25,26). The fourth-order valence-electron chi connectivity index (χ4n) is 2.86. The normalized spacial score (nSPS) is 14.7. The summed E-state index contributed by atoms with van der Waals surface area (Å²) >= 11 is 0. The van der Waals surface area contributed by atoms with Crippen molar-refractivity contribution in [2.45, 2.75) is 4.90 Å². The molecule has 3 rings (SSSR count). The van der Waals surface area contributed by atoms with Crippen LogP contribution in [-0.4, -0.2) is 61.3 Å². The fraction of sp³-hybridized carbons (Fsp3) is 0.200. The Morgan fingerprint density at radius 3 is 2.28 bits per heavy atom. The molecule has 7 nitrogen and oxygen atoms in total. The second kappa shape index (κ2) is 8.43. The number of rotatable bonds is 3. The first kappa shape index (κ1) is 20.5. The van der Waals surface area contributed by atoms with Gasteiger partial charge in [0.1, 0.15) is 5.82 Å². The lowest BCUT2D eigenvalue weighted by atomic mass is 10.1. The van der Waals surface area contributed by atoms with Gasteiger partial charge in [-0.05, 0) is 42.5 Å². The molecule has 1 N–H and O–H groups in total. The Morgan fingerprint density at radius 2 is 1.69 bits per heavy atom. The summed E-state index contributed by atoms with van der Waals surface area (Å²) in [5.74, 6) is 4.99. The molecule has 0 atom stereocenters. The van der Waals surface area contributed by atoms with E-state index in [1.807, 2.05) is 0 Å². The minimum absolute atomic E-state index is 0.0751. The average molecular weight is 416 g/mol. The van der Waals surface area contributed by atoms with Crippen molar-refractivity contribution in [1.82, 2.24) is 9.21 Å². The van der Waals surface area contributed by atoms with Crippen LogP contribution in [0.25, 0.3) is 0 Å². The Hall–Kier alpha value is -3.22. The third kappa shape index (κ3) is 4.62. The van der Waals surface area contributed by atoms with Gasteiger partial charge in [-0.2, -0.15) is 4.31 Å². The lowest BCUT2D eigenvalue weighted by molar-refractivity contribution is 0.112. The second-order valence-electron chi connectivity index (χ2n) is 6.30. The molecule has 0 aromatic heterocycles. The van der Waals surface area contributed by atoms with Crippen LogP contribution in [0.3, 0.4) is 0 Å². The molecule has 1 heterocycles. The number of piperazine rings is 1. The number of hydrogen-bond donors (Lipinski definition) is 1. The van der Waals surface area contributed by atoms with Crippen molar-refractivity contribution in [3.05, 3.63) is 65.0 Å². The molecule has 0 spiro atoms. The molecule has 0 unspecified atom stereocenters. The molecule has 1 aliphatic rings. The highest BCUT2D eigenvalue weighted by molar-refractivity contribution is 7.89. The maximum atomic E-state index is 13.3. The lowest BCUT2D eigenvalue weighted by Gasteiger charge is -2.32. The van der Waals surface area contributed by atoms with Gasteiger partial charge in [-0.3, -0.25) is 4.79 Å². The molecule has 0 aliphatic carbocycles. The highest BCUT2D eigenvalue weighted by Gasteiger charge is 2.29. The summed E-state index contributed by atoms with van der Waals surface area (Å²) in [6, 6.07) is 9.54. The predicted octanol–water partition coefficient (Wildman–Crippen LogP) is 2.02. The SMILES string of the molecule is O=Cc1ccc(F)cc1C#Cc1ccc(S(=O)(=O)N2CCN(C(=O)O)CC2)cc1. The summed E-state index contributed by atoms with van der Waals surface area (Å²) in [4.78, 5) is 23.2. The first-order valence-corrected chi connectivity index (χ1v) is 10.1. The molecular formula is C20H17FN2O5S. The minimum atomic E-state index is -3.74. The zero-order valence-corrected chi connectivity index (χ0v) is 16.0. The number of sulfonamides is 1. The van der Waals surface area contributed by atoms with Crippen LogP contribution in [0.15, 0.2) is 47.4 Å². The van der Waals surface area contributed by atoms with Gasteiger partial charge in [-0.25, -0.2) is 17.6 Å². The van der Waals surface area contributed by atoms with Gasteiger partial charge in [0.25, 0.3) is 0 Å². The van der Waals surface area contributed by atoms with Crippen LogP contribution in [0.1, 0.15) is 21.5 Å². The van der Waals surface area contributed by atoms with Crippen LogP contribution in [-0.2, 0) is 10.0 Å². The molecular weight excluding hydrogens is 399 g/mol. The smallest absolute Gasteiger partial charge is 0.407 e. The number of benzene rings is 2. The Morgan fingerprint density at radius 1 is 1.03 bits per heavy atom. The van der Waals surface area contributed by atoms with E-state index >= 15 is 0 Å². The van der Waals surface area contributed by atoms with E-state index in [0.717, 1.165) is 6.07 Å². The molecule has 1 fully saturated rings. The highest BCUT2D eigenvalue weighted by atomic mass is 32.2. The van der Waals surface area contributed by atoms with E-state index in [0.29, 0.717) is 11.8 Å². The number of halogens is 1. The summed E-state index contributed by atoms with van der Waals surface area (Å²) < 4.78 is 40.0. The van der Waals surface area contributed by atoms with Crippen molar-refractivity contribution in [3.63, 3.8) is 0 Å². The first-order valence-electron chi connectivity index (χ1n) is 8.66. The Bertz CT molecular complexity index is 1100. The van der Waals surface area contributed by atoms with E-state index in [1.165, 1.54) is 45.6 Å². The number of amides is 1. The second-order valence-corrected chi connectivity index (χ2v) is 8.24. The summed E-state index contributed by atoms with van der Waals surface area (Å²) in [6.07, 6.45) is -0.482. The van der Waals surface area contributed by atoms with Crippen LogP contribution in [0.5, 0.6) is 0 Å². The highest BCUT2D eigenvalue weighted by Crippen LogP contribution is 2.18. The van der Waals surface area contributed by atoms with Crippen LogP contribution in [0, 0.1) is 17.7 Å². The van der Waals surface area contributed by atoms with Crippen molar-refractivity contribution >= 4 is 22.4 Å². The van der Waals surface area contributed by atoms with Crippen molar-refractivity contribution in [1.29, 1.82) is 0 Å². The zero-order valence-electron chi connectivity index (χ0n) is 15.2. The molecule has 1 amide bonds. The van der Waals surface area contributed by atoms with Gasteiger partial charge in [-0.1, -0.05) is 11.8 Å². The summed E-state index contributed by atoms with van der Waals surface area (Å²) in [5, 5.41) is 8.96. The summed E-state index contributed by atoms with van der Waals surface area (Å²) in [7, 11) is -3.74. The van der Waals surface area contributed by atoms with Gasteiger partial charge in [0.05, 0.1) is 4.90 Å². The molecule has 0 radical (unpaired) electrons. The summed E-state index contributed by atoms with van der Waals surface area (Å²) in [5.41, 5.74) is 1.01. The van der Waals surface area contributed by atoms with Gasteiger partial charge in [-0.15, -0.1) is 0 Å². The number of carbonyl (C=O) groups is 2. The molecule has 0 saturated carbocycles. The Kier molecular flexibility index (Phi) is 5.96. The van der Waals surface area contributed by atoms with Gasteiger partial charge in [0.2, 0.25) is 10.0 Å². The van der Waals surface area contributed by atoms with Gasteiger partial charge in [0, 0.05) is 42.9 Å². The molecule has 2 aromatic rings. The van der Waals surface area contributed by atoms with Crippen molar-refractivity contribution < 1.29 is 27.5 Å². The fourth-order valence-corrected chi connectivity index (χ4v) is 4.28. The third-order valence-corrected chi connectivity index (χ3v) is 6.40. The van der Waals surface area contributed by atoms with Gasteiger partial charge < -0.3 is 10.0 Å². The Labute approximate surface area is 167 Å². The molecule has 9 heteroatoms. The molecule has 0 bridgehead atoms. The van der Waals surface area contributed by atoms with Crippen molar-refractivity contribution in [2.24, 2.45) is 0 Å². The van der Waals surface area contributed by atoms with Crippen molar-refractivity contribution in [3.8, 4) is 11.8 Å². The maximum Gasteiger partial charge on any atom is 0.407 e. The first-order chi connectivity index (χ1) is 13.8. The molecule has 150 valence electrons. The maximum absolute atomic E-state index is 13.3. The molecule has 1 saturated heterocycles. The monoisotopic (exact) mass is 416 g/mol. The van der Waals surface area contributed by atoms with Gasteiger partial charge in [0.15, 0.2) is 6.29 Å².